The third-order valence-corrected chi connectivity index (χ3v) is 2.59. The molecule has 4 heteroatoms. The van der Waals surface area contributed by atoms with Gasteiger partial charge in [-0.25, -0.2) is 4.98 Å². The summed E-state index contributed by atoms with van der Waals surface area (Å²) in [5.41, 5.74) is -0.825. The number of hydrogen-bond donors (Lipinski definition) is 2. The van der Waals surface area contributed by atoms with Crippen LogP contribution in [0.25, 0.3) is 0 Å². The number of hydrogen-bond acceptors (Lipinski definition) is 3. The molecule has 0 bridgehead atoms. The lowest BCUT2D eigenvalue weighted by Gasteiger charge is -2.28. The molecular formula is C11H17FN2O. The first-order chi connectivity index (χ1) is 6.92. The predicted molar refractivity (Wildman–Crippen MR) is 58.1 cm³/mol. The fraction of sp³-hybridized carbons (Fsp3) is 0.545. The van der Waals surface area contributed by atoms with E-state index in [2.05, 4.69) is 10.3 Å². The second-order valence-corrected chi connectivity index (χ2v) is 4.21. The molecule has 0 radical (unpaired) electrons. The Kier molecular flexibility index (Phi) is 3.63. The quantitative estimate of drug-likeness (QED) is 0.751. The summed E-state index contributed by atoms with van der Waals surface area (Å²) >= 11 is 0. The summed E-state index contributed by atoms with van der Waals surface area (Å²) in [4.78, 5) is 3.65. The number of anilines is 1. The van der Waals surface area contributed by atoms with Gasteiger partial charge in [-0.1, -0.05) is 19.9 Å². The Balaban J connectivity index is 2.57. The standard InChI is InChI=1S/C11H17FN2O/c1-8(2)11(3,15)7-13-10-6-4-5-9(12)14-10/h4-6,8,15H,7H2,1-3H3,(H,13,14)/t11-/m1/s1. The predicted octanol–water partition coefficient (Wildman–Crippen LogP) is 2.04. The largest absolute Gasteiger partial charge is 0.388 e. The highest BCUT2D eigenvalue weighted by Gasteiger charge is 2.24. The van der Waals surface area contributed by atoms with Gasteiger partial charge in [0, 0.05) is 6.54 Å². The molecule has 0 unspecified atom stereocenters. The molecular weight excluding hydrogens is 195 g/mol. The van der Waals surface area contributed by atoms with E-state index in [0.29, 0.717) is 12.4 Å². The van der Waals surface area contributed by atoms with Gasteiger partial charge >= 0.3 is 0 Å². The lowest BCUT2D eigenvalue weighted by atomic mass is 9.93. The molecule has 1 rings (SSSR count). The Bertz CT molecular complexity index is 326. The molecule has 0 aliphatic rings. The SMILES string of the molecule is CC(C)[C@](C)(O)CNc1cccc(F)n1. The van der Waals surface area contributed by atoms with Gasteiger partial charge in [-0.3, -0.25) is 0 Å². The van der Waals surface area contributed by atoms with Gasteiger partial charge in [0.05, 0.1) is 5.60 Å². The molecule has 2 N–H and O–H groups in total. The molecule has 0 aliphatic heterocycles. The Hall–Kier alpha value is -1.16. The van der Waals surface area contributed by atoms with Crippen molar-refractivity contribution in [2.45, 2.75) is 26.4 Å². The summed E-state index contributed by atoms with van der Waals surface area (Å²) in [7, 11) is 0. The fourth-order valence-corrected chi connectivity index (χ4v) is 0.980. The number of pyridine rings is 1. The third-order valence-electron chi connectivity index (χ3n) is 2.59. The Morgan fingerprint density at radius 1 is 1.53 bits per heavy atom. The minimum atomic E-state index is -0.825. The summed E-state index contributed by atoms with van der Waals surface area (Å²) in [5.74, 6) is 0.0404. The van der Waals surface area contributed by atoms with Crippen LogP contribution in [0.2, 0.25) is 0 Å². The highest BCUT2D eigenvalue weighted by molar-refractivity contribution is 5.33. The highest BCUT2D eigenvalue weighted by Crippen LogP contribution is 2.16. The summed E-state index contributed by atoms with van der Waals surface area (Å²) in [6.07, 6.45) is 0. The number of nitrogens with one attached hydrogen (secondary N) is 1. The van der Waals surface area contributed by atoms with Crippen LogP contribution < -0.4 is 5.32 Å². The van der Waals surface area contributed by atoms with E-state index < -0.39 is 11.5 Å². The van der Waals surface area contributed by atoms with E-state index in [0.717, 1.165) is 0 Å². The molecule has 84 valence electrons. The number of nitrogens with zero attached hydrogens (tertiary/aromatic N) is 1. The maximum Gasteiger partial charge on any atom is 0.214 e. The molecule has 1 aromatic heterocycles. The topological polar surface area (TPSA) is 45.1 Å². The normalized spacial score (nSPS) is 15.1. The van der Waals surface area contributed by atoms with Gasteiger partial charge in [0.1, 0.15) is 5.82 Å². The van der Waals surface area contributed by atoms with Crippen LogP contribution in [0.5, 0.6) is 0 Å². The van der Waals surface area contributed by atoms with Crippen LogP contribution in [0, 0.1) is 11.9 Å². The van der Waals surface area contributed by atoms with Gasteiger partial charge in [-0.15, -0.1) is 0 Å². The zero-order valence-electron chi connectivity index (χ0n) is 9.29. The van der Waals surface area contributed by atoms with E-state index in [9.17, 15) is 9.50 Å². The van der Waals surface area contributed by atoms with E-state index in [1.807, 2.05) is 13.8 Å². The second-order valence-electron chi connectivity index (χ2n) is 4.21. The first kappa shape index (κ1) is 11.9. The first-order valence-electron chi connectivity index (χ1n) is 5.00. The molecule has 0 aliphatic carbocycles. The number of aromatic nitrogens is 1. The molecule has 3 nitrogen and oxygen atoms in total. The van der Waals surface area contributed by atoms with Gasteiger partial charge in [0.2, 0.25) is 5.95 Å². The van der Waals surface area contributed by atoms with Gasteiger partial charge in [0.15, 0.2) is 0 Å². The first-order valence-corrected chi connectivity index (χ1v) is 5.00. The van der Waals surface area contributed by atoms with Crippen molar-refractivity contribution in [2.75, 3.05) is 11.9 Å². The molecule has 1 heterocycles. The maximum absolute atomic E-state index is 12.7. The van der Waals surface area contributed by atoms with Gasteiger partial charge < -0.3 is 10.4 Å². The van der Waals surface area contributed by atoms with Crippen molar-refractivity contribution in [3.63, 3.8) is 0 Å². The van der Waals surface area contributed by atoms with Crippen molar-refractivity contribution < 1.29 is 9.50 Å². The van der Waals surface area contributed by atoms with Crippen molar-refractivity contribution in [1.82, 2.24) is 4.98 Å². The molecule has 0 spiro atoms. The molecule has 1 atom stereocenters. The van der Waals surface area contributed by atoms with E-state index in [1.165, 1.54) is 6.07 Å². The van der Waals surface area contributed by atoms with Crippen LogP contribution in [-0.4, -0.2) is 22.2 Å². The van der Waals surface area contributed by atoms with Crippen LogP contribution in [0.3, 0.4) is 0 Å². The average Bonchev–Trinajstić information content (AvgIpc) is 2.15. The summed E-state index contributed by atoms with van der Waals surface area (Å²) in [6, 6.07) is 4.53. The Morgan fingerprint density at radius 3 is 2.73 bits per heavy atom. The van der Waals surface area contributed by atoms with E-state index in [-0.39, 0.29) is 5.92 Å². The third kappa shape index (κ3) is 3.47. The summed E-state index contributed by atoms with van der Waals surface area (Å²) in [5, 5.41) is 12.8. The second kappa shape index (κ2) is 4.57. The highest BCUT2D eigenvalue weighted by atomic mass is 19.1. The lowest BCUT2D eigenvalue weighted by molar-refractivity contribution is 0.0265. The Morgan fingerprint density at radius 2 is 2.20 bits per heavy atom. The van der Waals surface area contributed by atoms with Crippen molar-refractivity contribution in [3.8, 4) is 0 Å². The number of rotatable bonds is 4. The number of aliphatic hydroxyl groups is 1. The minimum absolute atomic E-state index is 0.124. The van der Waals surface area contributed by atoms with Crippen LogP contribution >= 0.6 is 0 Å². The van der Waals surface area contributed by atoms with Crippen LogP contribution in [0.15, 0.2) is 18.2 Å². The van der Waals surface area contributed by atoms with E-state index in [4.69, 9.17) is 0 Å². The van der Waals surface area contributed by atoms with Gasteiger partial charge in [-0.05, 0) is 25.0 Å². The van der Waals surface area contributed by atoms with E-state index in [1.54, 1.807) is 19.1 Å². The molecule has 0 fully saturated rings. The Labute approximate surface area is 89.4 Å². The minimum Gasteiger partial charge on any atom is -0.388 e. The van der Waals surface area contributed by atoms with Crippen molar-refractivity contribution in [2.24, 2.45) is 5.92 Å². The molecule has 1 aromatic rings. The average molecular weight is 212 g/mol. The molecule has 0 saturated heterocycles. The van der Waals surface area contributed by atoms with Crippen molar-refractivity contribution in [3.05, 3.63) is 24.1 Å². The zero-order chi connectivity index (χ0) is 11.5. The van der Waals surface area contributed by atoms with Crippen LogP contribution in [-0.2, 0) is 0 Å². The molecule has 0 saturated carbocycles. The van der Waals surface area contributed by atoms with Crippen LogP contribution in [0.1, 0.15) is 20.8 Å². The van der Waals surface area contributed by atoms with Crippen LogP contribution in [0.4, 0.5) is 10.2 Å². The lowest BCUT2D eigenvalue weighted by Crippen LogP contribution is -2.38. The monoisotopic (exact) mass is 212 g/mol. The fourth-order valence-electron chi connectivity index (χ4n) is 0.980. The zero-order valence-corrected chi connectivity index (χ0v) is 9.29. The van der Waals surface area contributed by atoms with Crippen molar-refractivity contribution in [1.29, 1.82) is 0 Å². The summed E-state index contributed by atoms with van der Waals surface area (Å²) in [6.45, 7) is 5.95. The van der Waals surface area contributed by atoms with Crippen molar-refractivity contribution >= 4 is 5.82 Å². The van der Waals surface area contributed by atoms with E-state index >= 15 is 0 Å². The van der Waals surface area contributed by atoms with Gasteiger partial charge in [0.25, 0.3) is 0 Å². The maximum atomic E-state index is 12.7. The van der Waals surface area contributed by atoms with Gasteiger partial charge in [-0.2, -0.15) is 4.39 Å². The molecule has 0 amide bonds. The smallest absolute Gasteiger partial charge is 0.214 e. The molecule has 15 heavy (non-hydrogen) atoms. The summed E-state index contributed by atoms with van der Waals surface area (Å²) < 4.78 is 12.7. The number of halogens is 1. The molecule has 0 aromatic carbocycles.